The van der Waals surface area contributed by atoms with E-state index in [1.54, 1.807) is 9.58 Å². The molecule has 0 fully saturated rings. The molecule has 6 nitrogen and oxygen atoms in total. The zero-order valence-electron chi connectivity index (χ0n) is 15.4. The Labute approximate surface area is 157 Å². The van der Waals surface area contributed by atoms with Crippen molar-refractivity contribution in [2.45, 2.75) is 26.9 Å². The number of nitrogens with zero attached hydrogens (tertiary/aromatic N) is 3. The van der Waals surface area contributed by atoms with Crippen LogP contribution in [0, 0.1) is 6.92 Å². The number of rotatable bonds is 5. The molecule has 1 aliphatic rings. The summed E-state index contributed by atoms with van der Waals surface area (Å²) >= 11 is 0. The Hall–Kier alpha value is -3.28. The highest BCUT2D eigenvalue weighted by Gasteiger charge is 2.23. The molecule has 1 amide bonds. The van der Waals surface area contributed by atoms with Crippen LogP contribution in [0.1, 0.15) is 28.7 Å². The van der Waals surface area contributed by atoms with Crippen LogP contribution in [0.5, 0.6) is 11.5 Å². The van der Waals surface area contributed by atoms with Crippen molar-refractivity contribution in [3.05, 3.63) is 71.5 Å². The quantitative estimate of drug-likeness (QED) is 0.692. The van der Waals surface area contributed by atoms with Crippen molar-refractivity contribution in [2.24, 2.45) is 0 Å². The van der Waals surface area contributed by atoms with Crippen molar-refractivity contribution in [2.75, 3.05) is 11.7 Å². The highest BCUT2D eigenvalue weighted by atomic mass is 16.7. The van der Waals surface area contributed by atoms with Crippen molar-refractivity contribution in [1.29, 1.82) is 0 Å². The van der Waals surface area contributed by atoms with E-state index in [1.807, 2.05) is 68.4 Å². The number of aromatic nitrogens is 2. The molecule has 0 bridgehead atoms. The van der Waals surface area contributed by atoms with Gasteiger partial charge in [-0.2, -0.15) is 5.10 Å². The third-order valence-electron chi connectivity index (χ3n) is 4.51. The Morgan fingerprint density at radius 3 is 2.67 bits per heavy atom. The molecule has 4 rings (SSSR count). The van der Waals surface area contributed by atoms with Gasteiger partial charge in [-0.15, -0.1) is 0 Å². The third-order valence-corrected chi connectivity index (χ3v) is 4.51. The molecule has 0 saturated carbocycles. The first kappa shape index (κ1) is 17.1. The molecule has 2 aromatic carbocycles. The largest absolute Gasteiger partial charge is 0.454 e. The minimum absolute atomic E-state index is 0.0821. The molecule has 138 valence electrons. The maximum Gasteiger partial charge on any atom is 0.276 e. The number of hydrogen-bond donors (Lipinski definition) is 0. The molecule has 27 heavy (non-hydrogen) atoms. The van der Waals surface area contributed by atoms with E-state index in [9.17, 15) is 4.79 Å². The van der Waals surface area contributed by atoms with E-state index in [-0.39, 0.29) is 12.7 Å². The molecule has 0 aliphatic carbocycles. The van der Waals surface area contributed by atoms with Crippen LogP contribution >= 0.6 is 0 Å². The number of carbonyl (C=O) groups excluding carboxylic acids is 1. The van der Waals surface area contributed by atoms with Gasteiger partial charge in [0.25, 0.3) is 5.91 Å². The van der Waals surface area contributed by atoms with E-state index in [0.717, 1.165) is 22.7 Å². The summed E-state index contributed by atoms with van der Waals surface area (Å²) in [7, 11) is 0. The van der Waals surface area contributed by atoms with Gasteiger partial charge in [-0.25, -0.2) is 0 Å². The summed E-state index contributed by atoms with van der Waals surface area (Å²) in [5.74, 6) is 1.36. The first-order valence-electron chi connectivity index (χ1n) is 8.95. The molecule has 1 aromatic heterocycles. The van der Waals surface area contributed by atoms with Crippen LogP contribution in [0.25, 0.3) is 0 Å². The number of para-hydroxylation sites is 1. The Morgan fingerprint density at radius 2 is 1.89 bits per heavy atom. The van der Waals surface area contributed by atoms with Crippen LogP contribution in [0.3, 0.4) is 0 Å². The fourth-order valence-electron chi connectivity index (χ4n) is 3.21. The highest BCUT2D eigenvalue weighted by molar-refractivity contribution is 6.05. The smallest absolute Gasteiger partial charge is 0.276 e. The van der Waals surface area contributed by atoms with E-state index in [2.05, 4.69) is 5.10 Å². The summed E-state index contributed by atoms with van der Waals surface area (Å²) in [5, 5.41) is 4.41. The maximum absolute atomic E-state index is 13.4. The van der Waals surface area contributed by atoms with E-state index in [1.165, 1.54) is 0 Å². The molecule has 0 radical (unpaired) electrons. The zero-order valence-corrected chi connectivity index (χ0v) is 15.4. The Kier molecular flexibility index (Phi) is 4.54. The standard InChI is InChI=1S/C21H21N3O3/c1-3-24-18(11-15(2)22-24)21(25)23(17-7-5-4-6-8-17)13-16-9-10-19-20(12-16)27-14-26-19/h4-12H,3,13-14H2,1-2H3. The lowest BCUT2D eigenvalue weighted by molar-refractivity contribution is 0.0974. The topological polar surface area (TPSA) is 56.6 Å². The molecule has 0 atom stereocenters. The lowest BCUT2D eigenvalue weighted by Gasteiger charge is -2.23. The van der Waals surface area contributed by atoms with E-state index in [4.69, 9.17) is 9.47 Å². The molecule has 0 N–H and O–H groups in total. The highest BCUT2D eigenvalue weighted by Crippen LogP contribution is 2.33. The molecular formula is C21H21N3O3. The predicted molar refractivity (Wildman–Crippen MR) is 102 cm³/mol. The monoisotopic (exact) mass is 363 g/mol. The van der Waals surface area contributed by atoms with Crippen LogP contribution in [-0.2, 0) is 13.1 Å². The summed E-state index contributed by atoms with van der Waals surface area (Å²) in [6.07, 6.45) is 0. The van der Waals surface area contributed by atoms with Gasteiger partial charge in [0.2, 0.25) is 6.79 Å². The summed E-state index contributed by atoms with van der Waals surface area (Å²) in [5.41, 5.74) is 3.22. The molecule has 0 unspecified atom stereocenters. The molecule has 6 heteroatoms. The van der Waals surface area contributed by atoms with Crippen LogP contribution in [0.2, 0.25) is 0 Å². The first-order valence-corrected chi connectivity index (χ1v) is 8.95. The number of anilines is 1. The van der Waals surface area contributed by atoms with Crippen molar-refractivity contribution >= 4 is 11.6 Å². The van der Waals surface area contributed by atoms with Gasteiger partial charge in [-0.1, -0.05) is 24.3 Å². The Morgan fingerprint density at radius 1 is 1.11 bits per heavy atom. The summed E-state index contributed by atoms with van der Waals surface area (Å²) < 4.78 is 12.6. The SMILES string of the molecule is CCn1nc(C)cc1C(=O)N(Cc1ccc2c(c1)OCO2)c1ccccc1. The number of fused-ring (bicyclic) bond motifs is 1. The van der Waals surface area contributed by atoms with Gasteiger partial charge in [0.05, 0.1) is 12.2 Å². The van der Waals surface area contributed by atoms with E-state index < -0.39 is 0 Å². The van der Waals surface area contributed by atoms with Gasteiger partial charge in [0.1, 0.15) is 5.69 Å². The maximum atomic E-state index is 13.4. The Bertz CT molecular complexity index is 966. The first-order chi connectivity index (χ1) is 13.2. The predicted octanol–water partition coefficient (Wildman–Crippen LogP) is 3.79. The van der Waals surface area contributed by atoms with Crippen LogP contribution in [-0.4, -0.2) is 22.5 Å². The van der Waals surface area contributed by atoms with Crippen molar-refractivity contribution in [1.82, 2.24) is 9.78 Å². The summed E-state index contributed by atoms with van der Waals surface area (Å²) in [6.45, 7) is 5.17. The fraction of sp³-hybridized carbons (Fsp3) is 0.238. The second-order valence-corrected chi connectivity index (χ2v) is 6.40. The fourth-order valence-corrected chi connectivity index (χ4v) is 3.21. The lowest BCUT2D eigenvalue weighted by Crippen LogP contribution is -2.32. The number of benzene rings is 2. The second-order valence-electron chi connectivity index (χ2n) is 6.40. The van der Waals surface area contributed by atoms with Gasteiger partial charge < -0.3 is 14.4 Å². The van der Waals surface area contributed by atoms with Gasteiger partial charge in [0.15, 0.2) is 11.5 Å². The number of amides is 1. The minimum atomic E-state index is -0.0821. The summed E-state index contributed by atoms with van der Waals surface area (Å²) in [4.78, 5) is 15.1. The second kappa shape index (κ2) is 7.15. The number of hydrogen-bond acceptors (Lipinski definition) is 4. The molecule has 2 heterocycles. The number of aryl methyl sites for hydroxylation is 2. The molecule has 0 spiro atoms. The van der Waals surface area contributed by atoms with Crippen LogP contribution < -0.4 is 14.4 Å². The van der Waals surface area contributed by atoms with Crippen molar-refractivity contribution < 1.29 is 14.3 Å². The average molecular weight is 363 g/mol. The number of ether oxygens (including phenoxy) is 2. The average Bonchev–Trinajstić information content (AvgIpc) is 3.31. The molecule has 0 saturated heterocycles. The van der Waals surface area contributed by atoms with Crippen LogP contribution in [0.15, 0.2) is 54.6 Å². The van der Waals surface area contributed by atoms with Gasteiger partial charge in [-0.3, -0.25) is 9.48 Å². The van der Waals surface area contributed by atoms with Gasteiger partial charge in [-0.05, 0) is 49.7 Å². The van der Waals surface area contributed by atoms with Gasteiger partial charge in [0, 0.05) is 12.2 Å². The molecule has 1 aliphatic heterocycles. The normalized spacial score (nSPS) is 12.2. The zero-order chi connectivity index (χ0) is 18.8. The van der Waals surface area contributed by atoms with Crippen LogP contribution in [0.4, 0.5) is 5.69 Å². The summed E-state index contributed by atoms with van der Waals surface area (Å²) in [6, 6.07) is 17.3. The van der Waals surface area contributed by atoms with Gasteiger partial charge >= 0.3 is 0 Å². The van der Waals surface area contributed by atoms with Crippen molar-refractivity contribution in [3.63, 3.8) is 0 Å². The molecular weight excluding hydrogens is 342 g/mol. The third kappa shape index (κ3) is 3.38. The minimum Gasteiger partial charge on any atom is -0.454 e. The van der Waals surface area contributed by atoms with E-state index in [0.29, 0.717) is 24.5 Å². The molecule has 3 aromatic rings. The van der Waals surface area contributed by atoms with E-state index >= 15 is 0 Å². The lowest BCUT2D eigenvalue weighted by atomic mass is 10.1. The van der Waals surface area contributed by atoms with Crippen molar-refractivity contribution in [3.8, 4) is 11.5 Å². The Balaban J connectivity index is 1.70. The number of carbonyl (C=O) groups is 1.